The first-order valence-electron chi connectivity index (χ1n) is 11.9. The van der Waals surface area contributed by atoms with E-state index in [0.717, 1.165) is 0 Å². The van der Waals surface area contributed by atoms with Gasteiger partial charge in [0.05, 0.1) is 12.8 Å². The summed E-state index contributed by atoms with van der Waals surface area (Å²) in [4.78, 5) is 52.2. The maximum Gasteiger partial charge on any atom is 0.408 e. The van der Waals surface area contributed by atoms with E-state index in [1.807, 2.05) is 0 Å². The molecule has 0 spiro atoms. The van der Waals surface area contributed by atoms with E-state index in [2.05, 4.69) is 15.6 Å². The van der Waals surface area contributed by atoms with Crippen LogP contribution >= 0.6 is 0 Å². The van der Waals surface area contributed by atoms with Crippen LogP contribution in [0.2, 0.25) is 0 Å². The van der Waals surface area contributed by atoms with Gasteiger partial charge in [-0.2, -0.15) is 4.98 Å². The van der Waals surface area contributed by atoms with Gasteiger partial charge >= 0.3 is 11.8 Å². The number of Topliss-reactive ketones (excluding diaryl/α,β-unsaturated/α-hetero) is 1. The molecule has 1 fully saturated rings. The number of hydrogen-bond acceptors (Lipinski definition) is 10. The van der Waals surface area contributed by atoms with Crippen LogP contribution in [-0.2, 0) is 19.1 Å². The number of unbranched alkanes of at least 4 members (excludes halogenated alkanes) is 2. The molecule has 2 heterocycles. The number of ketones is 1. The Morgan fingerprint density at radius 1 is 1.22 bits per heavy atom. The third-order valence-corrected chi connectivity index (χ3v) is 5.47. The molecule has 1 aromatic heterocycles. The minimum absolute atomic E-state index is 0.0365. The van der Waals surface area contributed by atoms with Gasteiger partial charge < -0.3 is 40.2 Å². The van der Waals surface area contributed by atoms with E-state index in [9.17, 15) is 38.9 Å². The van der Waals surface area contributed by atoms with Crippen LogP contribution in [0, 0.1) is 5.82 Å². The van der Waals surface area contributed by atoms with Crippen LogP contribution in [0.3, 0.4) is 0 Å². The molecule has 0 bridgehead atoms. The summed E-state index contributed by atoms with van der Waals surface area (Å²) in [5.41, 5.74) is -1.94. The van der Waals surface area contributed by atoms with Crippen molar-refractivity contribution in [2.75, 3.05) is 11.9 Å². The fourth-order valence-corrected chi connectivity index (χ4v) is 3.65. The zero-order valence-corrected chi connectivity index (χ0v) is 21.3. The van der Waals surface area contributed by atoms with Crippen molar-refractivity contribution in [1.29, 1.82) is 0 Å². The quantitative estimate of drug-likeness (QED) is 0.250. The third kappa shape index (κ3) is 8.84. The Balaban J connectivity index is 2.16. The van der Waals surface area contributed by atoms with Crippen molar-refractivity contribution >= 4 is 23.6 Å². The number of halogens is 1. The number of ether oxygens (including phenoxy) is 2. The Morgan fingerprint density at radius 3 is 2.46 bits per heavy atom. The Hall–Kier alpha value is -2.94. The normalized spacial score (nSPS) is 22.4. The van der Waals surface area contributed by atoms with Gasteiger partial charge in [0.15, 0.2) is 17.9 Å². The van der Waals surface area contributed by atoms with Gasteiger partial charge in [-0.3, -0.25) is 9.36 Å². The smallest absolute Gasteiger partial charge is 0.408 e. The number of aliphatic hydroxyl groups is 3. The second kappa shape index (κ2) is 13.0. The predicted octanol–water partition coefficient (Wildman–Crippen LogP) is 0.365. The van der Waals surface area contributed by atoms with Crippen molar-refractivity contribution in [1.82, 2.24) is 14.9 Å². The number of aromatic nitrogens is 2. The highest BCUT2D eigenvalue weighted by Crippen LogP contribution is 2.28. The van der Waals surface area contributed by atoms with E-state index >= 15 is 0 Å². The molecule has 208 valence electrons. The highest BCUT2D eigenvalue weighted by atomic mass is 19.1. The highest BCUT2D eigenvalue weighted by Gasteiger charge is 2.44. The molecule has 5 N–H and O–H groups in total. The predicted molar refractivity (Wildman–Crippen MR) is 127 cm³/mol. The Labute approximate surface area is 213 Å². The second-order valence-electron chi connectivity index (χ2n) is 9.85. The monoisotopic (exact) mass is 530 g/mol. The van der Waals surface area contributed by atoms with E-state index in [1.165, 1.54) is 6.92 Å². The van der Waals surface area contributed by atoms with Crippen LogP contribution in [0.15, 0.2) is 11.0 Å². The molecule has 2 rings (SSSR count). The maximum absolute atomic E-state index is 14.8. The van der Waals surface area contributed by atoms with Gasteiger partial charge in [-0.1, -0.05) is 12.8 Å². The van der Waals surface area contributed by atoms with Crippen molar-refractivity contribution in [3.8, 4) is 0 Å². The molecule has 1 aliphatic heterocycles. The average molecular weight is 531 g/mol. The van der Waals surface area contributed by atoms with Crippen LogP contribution in [0.4, 0.5) is 15.0 Å². The number of aliphatic hydroxyl groups excluding tert-OH is 3. The maximum atomic E-state index is 14.8. The molecule has 13 nitrogen and oxygen atoms in total. The first kappa shape index (κ1) is 30.3. The fraction of sp³-hybridized carbons (Fsp3) is 0.696. The molecule has 1 aliphatic rings. The van der Waals surface area contributed by atoms with Gasteiger partial charge in [-0.05, 0) is 40.5 Å². The molecule has 5 atom stereocenters. The highest BCUT2D eigenvalue weighted by molar-refractivity contribution is 5.95. The van der Waals surface area contributed by atoms with Gasteiger partial charge in [0, 0.05) is 6.42 Å². The SMILES string of the molecule is CC(=O)CCCCCC(NC(=O)OC(C)(C)C)C(=O)Nc1nc(=O)n([C@@H]2O[C@H](CO)[C@H](O)C2O)cc1F. The van der Waals surface area contributed by atoms with E-state index in [-0.39, 0.29) is 12.2 Å². The van der Waals surface area contributed by atoms with Crippen molar-refractivity contribution in [3.05, 3.63) is 22.5 Å². The molecule has 37 heavy (non-hydrogen) atoms. The van der Waals surface area contributed by atoms with Gasteiger partial charge in [-0.25, -0.2) is 14.0 Å². The molecule has 0 aliphatic carbocycles. The first-order valence-corrected chi connectivity index (χ1v) is 11.9. The molecule has 0 aromatic carbocycles. The van der Waals surface area contributed by atoms with Gasteiger partial charge in [0.1, 0.15) is 35.7 Å². The molecular weight excluding hydrogens is 495 g/mol. The summed E-state index contributed by atoms with van der Waals surface area (Å²) in [6, 6.07) is -1.16. The molecule has 1 saturated heterocycles. The van der Waals surface area contributed by atoms with Crippen LogP contribution < -0.4 is 16.3 Å². The molecule has 0 radical (unpaired) electrons. The molecule has 2 amide bonds. The minimum Gasteiger partial charge on any atom is -0.444 e. The molecule has 14 heteroatoms. The Kier molecular flexibility index (Phi) is 10.7. The number of nitrogens with one attached hydrogen (secondary N) is 2. The summed E-state index contributed by atoms with van der Waals surface area (Å²) in [5.74, 6) is -2.68. The number of nitrogens with zero attached hydrogens (tertiary/aromatic N) is 2. The second-order valence-corrected chi connectivity index (χ2v) is 9.85. The number of amides is 2. The van der Waals surface area contributed by atoms with E-state index < -0.39 is 72.1 Å². The third-order valence-electron chi connectivity index (χ3n) is 5.47. The van der Waals surface area contributed by atoms with Crippen molar-refractivity contribution in [2.45, 2.75) is 96.0 Å². The molecule has 0 saturated carbocycles. The fourth-order valence-electron chi connectivity index (χ4n) is 3.65. The topological polar surface area (TPSA) is 189 Å². The minimum atomic E-state index is -1.64. The first-order chi connectivity index (χ1) is 17.2. The lowest BCUT2D eigenvalue weighted by Crippen LogP contribution is -2.46. The van der Waals surface area contributed by atoms with E-state index in [1.54, 1.807) is 20.8 Å². The Morgan fingerprint density at radius 2 is 1.89 bits per heavy atom. The van der Waals surface area contributed by atoms with E-state index in [4.69, 9.17) is 9.47 Å². The number of hydrogen-bond donors (Lipinski definition) is 5. The van der Waals surface area contributed by atoms with Crippen molar-refractivity contribution in [3.63, 3.8) is 0 Å². The summed E-state index contributed by atoms with van der Waals surface area (Å²) in [7, 11) is 0. The van der Waals surface area contributed by atoms with Gasteiger partial charge in [0.2, 0.25) is 5.91 Å². The number of carbonyl (C=O) groups is 3. The van der Waals surface area contributed by atoms with Crippen LogP contribution in [0.5, 0.6) is 0 Å². The van der Waals surface area contributed by atoms with Gasteiger partial charge in [0.25, 0.3) is 0 Å². The van der Waals surface area contributed by atoms with Crippen LogP contribution in [-0.4, -0.2) is 79.2 Å². The number of anilines is 1. The van der Waals surface area contributed by atoms with Crippen molar-refractivity contribution < 1.29 is 43.6 Å². The lowest BCUT2D eigenvalue weighted by Gasteiger charge is -2.23. The molecular formula is C23H35FN4O9. The zero-order chi connectivity index (χ0) is 27.9. The summed E-state index contributed by atoms with van der Waals surface area (Å²) in [6.45, 7) is 5.76. The standard InChI is InChI=1S/C23H35FN4O9/c1-12(30)8-6-5-7-9-14(25-22(35)37-23(2,3)4)19(33)26-18-13(24)10-28(21(34)27-18)20-17(32)16(31)15(11-29)36-20/h10,14-17,20,29,31-32H,5-9,11H2,1-4H3,(H,25,35)(H,26,27,33,34)/t14?,15-,16+,17?,20-/m1/s1. The zero-order valence-electron chi connectivity index (χ0n) is 21.3. The lowest BCUT2D eigenvalue weighted by molar-refractivity contribution is -0.119. The summed E-state index contributed by atoms with van der Waals surface area (Å²) in [5, 5.41) is 33.8. The number of rotatable bonds is 11. The Bertz CT molecular complexity index is 1030. The van der Waals surface area contributed by atoms with Gasteiger partial charge in [-0.15, -0.1) is 0 Å². The lowest BCUT2D eigenvalue weighted by atomic mass is 10.1. The van der Waals surface area contributed by atoms with Crippen LogP contribution in [0.1, 0.15) is 66.0 Å². The largest absolute Gasteiger partial charge is 0.444 e. The molecule has 2 unspecified atom stereocenters. The molecule has 1 aromatic rings. The van der Waals surface area contributed by atoms with Crippen LogP contribution in [0.25, 0.3) is 0 Å². The average Bonchev–Trinajstić information content (AvgIpc) is 3.07. The summed E-state index contributed by atoms with van der Waals surface area (Å²) >= 11 is 0. The van der Waals surface area contributed by atoms with E-state index in [0.29, 0.717) is 36.4 Å². The number of carbonyl (C=O) groups excluding carboxylic acids is 3. The van der Waals surface area contributed by atoms with Crippen molar-refractivity contribution in [2.24, 2.45) is 0 Å². The summed E-state index contributed by atoms with van der Waals surface area (Å²) in [6.07, 6.45) is -3.88. The number of alkyl carbamates (subject to hydrolysis) is 1. The summed E-state index contributed by atoms with van der Waals surface area (Å²) < 4.78 is 25.8.